The normalized spacial score (nSPS) is 23.8. The number of amides is 1. The lowest BCUT2D eigenvalue weighted by atomic mass is 9.94. The number of rotatable bonds is 1. The van der Waals surface area contributed by atoms with E-state index in [-0.39, 0.29) is 11.9 Å². The van der Waals surface area contributed by atoms with E-state index >= 15 is 0 Å². The Kier molecular flexibility index (Phi) is 3.03. The standard InChI is InChI=1S/C15H18N2O2/c1-10-6-7-17(8-13(10)16)15(18)12-9-19-14-5-3-2-4-11(12)14/h2-5,9-10,13H,6-8,16H2,1H3. The van der Waals surface area contributed by atoms with Gasteiger partial charge in [0.25, 0.3) is 5.91 Å². The molecule has 1 aliphatic rings. The molecule has 0 aliphatic carbocycles. The molecule has 2 N–H and O–H groups in total. The van der Waals surface area contributed by atoms with E-state index in [1.165, 1.54) is 0 Å². The summed E-state index contributed by atoms with van der Waals surface area (Å²) in [5.74, 6) is 0.498. The van der Waals surface area contributed by atoms with Crippen molar-refractivity contribution >= 4 is 16.9 Å². The maximum absolute atomic E-state index is 12.5. The number of likely N-dealkylation sites (tertiary alicyclic amines) is 1. The van der Waals surface area contributed by atoms with Crippen LogP contribution >= 0.6 is 0 Å². The Morgan fingerprint density at radius 2 is 2.21 bits per heavy atom. The third-order valence-electron chi connectivity index (χ3n) is 4.02. The van der Waals surface area contributed by atoms with Gasteiger partial charge in [0.05, 0.1) is 5.56 Å². The molecule has 0 spiro atoms. The van der Waals surface area contributed by atoms with Gasteiger partial charge in [0.1, 0.15) is 11.8 Å². The zero-order valence-corrected chi connectivity index (χ0v) is 11.0. The highest BCUT2D eigenvalue weighted by Gasteiger charge is 2.28. The second-order valence-corrected chi connectivity index (χ2v) is 5.33. The summed E-state index contributed by atoms with van der Waals surface area (Å²) in [5.41, 5.74) is 7.44. The number of para-hydroxylation sites is 1. The topological polar surface area (TPSA) is 59.5 Å². The minimum Gasteiger partial charge on any atom is -0.463 e. The van der Waals surface area contributed by atoms with Crippen LogP contribution in [0.15, 0.2) is 34.9 Å². The van der Waals surface area contributed by atoms with E-state index in [4.69, 9.17) is 10.2 Å². The van der Waals surface area contributed by atoms with Crippen LogP contribution in [0, 0.1) is 5.92 Å². The number of hydrogen-bond donors (Lipinski definition) is 1. The molecule has 2 atom stereocenters. The van der Waals surface area contributed by atoms with Crippen LogP contribution in [0.5, 0.6) is 0 Å². The van der Waals surface area contributed by atoms with Gasteiger partial charge < -0.3 is 15.1 Å². The second-order valence-electron chi connectivity index (χ2n) is 5.33. The van der Waals surface area contributed by atoms with Crippen molar-refractivity contribution in [2.45, 2.75) is 19.4 Å². The molecule has 1 fully saturated rings. The van der Waals surface area contributed by atoms with Gasteiger partial charge in [0.2, 0.25) is 0 Å². The predicted molar refractivity (Wildman–Crippen MR) is 73.9 cm³/mol. The SMILES string of the molecule is CC1CCN(C(=O)c2coc3ccccc23)CC1N. The number of nitrogens with zero attached hydrogens (tertiary/aromatic N) is 1. The van der Waals surface area contributed by atoms with Crippen LogP contribution in [0.3, 0.4) is 0 Å². The first-order valence-electron chi connectivity index (χ1n) is 6.68. The van der Waals surface area contributed by atoms with Crippen molar-refractivity contribution in [2.24, 2.45) is 11.7 Å². The third-order valence-corrected chi connectivity index (χ3v) is 4.02. The van der Waals surface area contributed by atoms with Gasteiger partial charge in [-0.2, -0.15) is 0 Å². The Bertz CT molecular complexity index is 605. The molecular weight excluding hydrogens is 240 g/mol. The number of carbonyl (C=O) groups is 1. The minimum absolute atomic E-state index is 0.0206. The Hall–Kier alpha value is -1.81. The van der Waals surface area contributed by atoms with Gasteiger partial charge in [-0.1, -0.05) is 25.1 Å². The van der Waals surface area contributed by atoms with Crippen molar-refractivity contribution in [3.8, 4) is 0 Å². The number of carbonyl (C=O) groups excluding carboxylic acids is 1. The van der Waals surface area contributed by atoms with Crippen LogP contribution in [0.1, 0.15) is 23.7 Å². The van der Waals surface area contributed by atoms with Crippen molar-refractivity contribution in [2.75, 3.05) is 13.1 Å². The largest absolute Gasteiger partial charge is 0.463 e. The van der Waals surface area contributed by atoms with Crippen LogP contribution in [-0.2, 0) is 0 Å². The number of piperidine rings is 1. The van der Waals surface area contributed by atoms with E-state index in [1.54, 1.807) is 6.26 Å². The number of benzene rings is 1. The summed E-state index contributed by atoms with van der Waals surface area (Å²) in [4.78, 5) is 14.4. The lowest BCUT2D eigenvalue weighted by Crippen LogP contribution is -2.49. The van der Waals surface area contributed by atoms with E-state index in [1.807, 2.05) is 29.2 Å². The first-order valence-corrected chi connectivity index (χ1v) is 6.68. The smallest absolute Gasteiger partial charge is 0.257 e. The van der Waals surface area contributed by atoms with Crippen LogP contribution in [-0.4, -0.2) is 29.9 Å². The Balaban J connectivity index is 1.88. The summed E-state index contributed by atoms with van der Waals surface area (Å²) in [6.07, 6.45) is 2.51. The maximum atomic E-state index is 12.5. The van der Waals surface area contributed by atoms with E-state index in [0.29, 0.717) is 18.0 Å². The highest BCUT2D eigenvalue weighted by molar-refractivity contribution is 6.05. The van der Waals surface area contributed by atoms with E-state index < -0.39 is 0 Å². The van der Waals surface area contributed by atoms with Gasteiger partial charge in [0, 0.05) is 24.5 Å². The molecule has 1 aromatic heterocycles. The molecule has 0 saturated carbocycles. The Labute approximate surface area is 112 Å². The Morgan fingerprint density at radius 3 is 3.00 bits per heavy atom. The third kappa shape index (κ3) is 2.12. The van der Waals surface area contributed by atoms with Crippen molar-refractivity contribution in [3.05, 3.63) is 36.1 Å². The first-order chi connectivity index (χ1) is 9.16. The maximum Gasteiger partial charge on any atom is 0.257 e. The fourth-order valence-corrected chi connectivity index (χ4v) is 2.60. The van der Waals surface area contributed by atoms with Crippen molar-refractivity contribution in [1.29, 1.82) is 0 Å². The molecule has 2 aromatic rings. The van der Waals surface area contributed by atoms with Crippen LogP contribution in [0.25, 0.3) is 11.0 Å². The fraction of sp³-hybridized carbons (Fsp3) is 0.400. The average Bonchev–Trinajstić information content (AvgIpc) is 2.85. The Morgan fingerprint density at radius 1 is 1.42 bits per heavy atom. The fourth-order valence-electron chi connectivity index (χ4n) is 2.60. The van der Waals surface area contributed by atoms with Gasteiger partial charge in [-0.15, -0.1) is 0 Å². The molecule has 4 nitrogen and oxygen atoms in total. The zero-order valence-electron chi connectivity index (χ0n) is 11.0. The van der Waals surface area contributed by atoms with Crippen molar-refractivity contribution in [1.82, 2.24) is 4.90 Å². The quantitative estimate of drug-likeness (QED) is 0.853. The highest BCUT2D eigenvalue weighted by atomic mass is 16.3. The monoisotopic (exact) mass is 258 g/mol. The molecule has 1 aromatic carbocycles. The lowest BCUT2D eigenvalue weighted by Gasteiger charge is -2.34. The first kappa shape index (κ1) is 12.2. The highest BCUT2D eigenvalue weighted by Crippen LogP contribution is 2.24. The molecule has 1 amide bonds. The molecule has 0 radical (unpaired) electrons. The summed E-state index contributed by atoms with van der Waals surface area (Å²) in [5, 5.41) is 0.875. The molecule has 1 saturated heterocycles. The van der Waals surface area contributed by atoms with E-state index in [2.05, 4.69) is 6.92 Å². The molecule has 2 unspecified atom stereocenters. The molecular formula is C15H18N2O2. The summed E-state index contributed by atoms with van der Waals surface area (Å²) in [6.45, 7) is 3.53. The van der Waals surface area contributed by atoms with Crippen LogP contribution in [0.4, 0.5) is 0 Å². The lowest BCUT2D eigenvalue weighted by molar-refractivity contribution is 0.0673. The van der Waals surface area contributed by atoms with E-state index in [9.17, 15) is 4.79 Å². The van der Waals surface area contributed by atoms with Gasteiger partial charge in [0.15, 0.2) is 0 Å². The summed E-state index contributed by atoms with van der Waals surface area (Å²) in [6, 6.07) is 7.67. The molecule has 4 heteroatoms. The zero-order chi connectivity index (χ0) is 13.4. The van der Waals surface area contributed by atoms with Crippen molar-refractivity contribution < 1.29 is 9.21 Å². The molecule has 0 bridgehead atoms. The van der Waals surface area contributed by atoms with Gasteiger partial charge >= 0.3 is 0 Å². The number of fused-ring (bicyclic) bond motifs is 1. The molecule has 100 valence electrons. The van der Waals surface area contributed by atoms with E-state index in [0.717, 1.165) is 23.9 Å². The molecule has 1 aliphatic heterocycles. The van der Waals surface area contributed by atoms with Crippen molar-refractivity contribution in [3.63, 3.8) is 0 Å². The molecule has 2 heterocycles. The summed E-state index contributed by atoms with van der Waals surface area (Å²) < 4.78 is 5.43. The number of furan rings is 1. The van der Waals surface area contributed by atoms with Gasteiger partial charge in [-0.05, 0) is 18.4 Å². The summed E-state index contributed by atoms with van der Waals surface area (Å²) >= 11 is 0. The minimum atomic E-state index is 0.0206. The summed E-state index contributed by atoms with van der Waals surface area (Å²) in [7, 11) is 0. The molecule has 19 heavy (non-hydrogen) atoms. The predicted octanol–water partition coefficient (Wildman–Crippen LogP) is 2.24. The van der Waals surface area contributed by atoms with Gasteiger partial charge in [-0.25, -0.2) is 0 Å². The van der Waals surface area contributed by atoms with Gasteiger partial charge in [-0.3, -0.25) is 4.79 Å². The van der Waals surface area contributed by atoms with Crippen LogP contribution < -0.4 is 5.73 Å². The second kappa shape index (κ2) is 4.70. The average molecular weight is 258 g/mol. The number of nitrogens with two attached hydrogens (primary N) is 1. The number of hydrogen-bond acceptors (Lipinski definition) is 3. The molecule has 3 rings (SSSR count). The van der Waals surface area contributed by atoms with Crippen LogP contribution in [0.2, 0.25) is 0 Å².